The van der Waals surface area contributed by atoms with Gasteiger partial charge >= 0.3 is 0 Å². The smallest absolute Gasteiger partial charge is 0.130 e. The zero-order chi connectivity index (χ0) is 14.8. The van der Waals surface area contributed by atoms with Crippen LogP contribution in [0.3, 0.4) is 0 Å². The standard InChI is InChI=1S/C16H12Cl2N2O/c17-12-6-13(18)8-14(7-12)21-9-11-5-10-3-1-2-4-15(10)20-16(11)19/h1-8H,9H2,(H2,19,20). The number of anilines is 1. The third-order valence-corrected chi connectivity index (χ3v) is 3.50. The van der Waals surface area contributed by atoms with E-state index in [1.165, 1.54) is 0 Å². The number of fused-ring (bicyclic) bond motifs is 1. The lowest BCUT2D eigenvalue weighted by Crippen LogP contribution is -2.02. The first-order valence-corrected chi connectivity index (χ1v) is 7.10. The predicted molar refractivity (Wildman–Crippen MR) is 86.9 cm³/mol. The number of aromatic nitrogens is 1. The number of nitrogen functional groups attached to an aromatic ring is 1. The van der Waals surface area contributed by atoms with Gasteiger partial charge in [0.1, 0.15) is 18.2 Å². The van der Waals surface area contributed by atoms with Crippen molar-refractivity contribution in [1.82, 2.24) is 4.98 Å². The minimum Gasteiger partial charge on any atom is -0.489 e. The molecule has 0 unspecified atom stereocenters. The van der Waals surface area contributed by atoms with Crippen molar-refractivity contribution < 1.29 is 4.74 Å². The number of halogens is 2. The zero-order valence-electron chi connectivity index (χ0n) is 11.0. The molecule has 0 bridgehead atoms. The van der Waals surface area contributed by atoms with Crippen molar-refractivity contribution in [2.45, 2.75) is 6.61 Å². The summed E-state index contributed by atoms with van der Waals surface area (Å²) in [6.07, 6.45) is 0. The molecule has 0 aliphatic heterocycles. The summed E-state index contributed by atoms with van der Waals surface area (Å²) in [6.45, 7) is 0.306. The third kappa shape index (κ3) is 3.20. The SMILES string of the molecule is Nc1nc2ccccc2cc1COc1cc(Cl)cc(Cl)c1. The minimum atomic E-state index is 0.306. The molecule has 2 N–H and O–H groups in total. The van der Waals surface area contributed by atoms with Crippen LogP contribution in [-0.2, 0) is 6.61 Å². The number of hydrogen-bond acceptors (Lipinski definition) is 3. The largest absolute Gasteiger partial charge is 0.489 e. The Hall–Kier alpha value is -1.97. The third-order valence-electron chi connectivity index (χ3n) is 3.07. The summed E-state index contributed by atoms with van der Waals surface area (Å²) in [5.74, 6) is 1.06. The Labute approximate surface area is 132 Å². The van der Waals surface area contributed by atoms with Gasteiger partial charge in [-0.3, -0.25) is 0 Å². The summed E-state index contributed by atoms with van der Waals surface area (Å²) in [5.41, 5.74) is 7.66. The molecular formula is C16H12Cl2N2O. The molecule has 106 valence electrons. The molecule has 0 aliphatic rings. The summed E-state index contributed by atoms with van der Waals surface area (Å²) >= 11 is 11.9. The molecule has 21 heavy (non-hydrogen) atoms. The molecule has 1 heterocycles. The van der Waals surface area contributed by atoms with E-state index in [2.05, 4.69) is 4.98 Å². The second-order valence-electron chi connectivity index (χ2n) is 4.62. The normalized spacial score (nSPS) is 10.8. The number of benzene rings is 2. The van der Waals surface area contributed by atoms with Crippen LogP contribution in [0.5, 0.6) is 5.75 Å². The lowest BCUT2D eigenvalue weighted by atomic mass is 10.1. The summed E-state index contributed by atoms with van der Waals surface area (Å²) < 4.78 is 5.69. The van der Waals surface area contributed by atoms with Crippen molar-refractivity contribution in [2.24, 2.45) is 0 Å². The molecule has 3 nitrogen and oxygen atoms in total. The van der Waals surface area contributed by atoms with Gasteiger partial charge in [0, 0.05) is 21.0 Å². The van der Waals surface area contributed by atoms with Gasteiger partial charge in [0.15, 0.2) is 0 Å². The molecule has 0 spiro atoms. The van der Waals surface area contributed by atoms with Crippen molar-refractivity contribution >= 4 is 39.9 Å². The highest BCUT2D eigenvalue weighted by molar-refractivity contribution is 6.34. The molecule has 0 aliphatic carbocycles. The fourth-order valence-electron chi connectivity index (χ4n) is 2.06. The van der Waals surface area contributed by atoms with Crippen molar-refractivity contribution in [2.75, 3.05) is 5.73 Å². The van der Waals surface area contributed by atoms with Crippen LogP contribution in [-0.4, -0.2) is 4.98 Å². The van der Waals surface area contributed by atoms with E-state index in [4.69, 9.17) is 33.7 Å². The van der Waals surface area contributed by atoms with Crippen LogP contribution in [0.15, 0.2) is 48.5 Å². The van der Waals surface area contributed by atoms with Gasteiger partial charge in [0.05, 0.1) is 5.52 Å². The fraction of sp³-hybridized carbons (Fsp3) is 0.0625. The molecule has 0 fully saturated rings. The van der Waals surface area contributed by atoms with E-state index in [1.807, 2.05) is 30.3 Å². The first kappa shape index (κ1) is 14.0. The lowest BCUT2D eigenvalue weighted by molar-refractivity contribution is 0.307. The Morgan fingerprint density at radius 3 is 2.48 bits per heavy atom. The molecule has 3 aromatic rings. The monoisotopic (exact) mass is 318 g/mol. The quantitative estimate of drug-likeness (QED) is 0.761. The van der Waals surface area contributed by atoms with Gasteiger partial charge < -0.3 is 10.5 Å². The Balaban J connectivity index is 1.86. The van der Waals surface area contributed by atoms with Crippen LogP contribution in [0.4, 0.5) is 5.82 Å². The van der Waals surface area contributed by atoms with Crippen LogP contribution in [0.1, 0.15) is 5.56 Å². The number of hydrogen-bond donors (Lipinski definition) is 1. The maximum Gasteiger partial charge on any atom is 0.130 e. The number of para-hydroxylation sites is 1. The summed E-state index contributed by atoms with van der Waals surface area (Å²) in [5, 5.41) is 2.08. The minimum absolute atomic E-state index is 0.306. The van der Waals surface area contributed by atoms with Crippen LogP contribution in [0.2, 0.25) is 10.0 Å². The van der Waals surface area contributed by atoms with Gasteiger partial charge in [-0.25, -0.2) is 4.98 Å². The first-order chi connectivity index (χ1) is 10.1. The molecule has 0 radical (unpaired) electrons. The highest BCUT2D eigenvalue weighted by Crippen LogP contribution is 2.26. The second-order valence-corrected chi connectivity index (χ2v) is 5.49. The first-order valence-electron chi connectivity index (χ1n) is 6.35. The predicted octanol–water partition coefficient (Wildman–Crippen LogP) is 4.70. The van der Waals surface area contributed by atoms with Crippen molar-refractivity contribution in [1.29, 1.82) is 0 Å². The molecule has 0 amide bonds. The number of rotatable bonds is 3. The van der Waals surface area contributed by atoms with Crippen molar-refractivity contribution in [3.63, 3.8) is 0 Å². The Morgan fingerprint density at radius 2 is 1.71 bits per heavy atom. The summed E-state index contributed by atoms with van der Waals surface area (Å²) in [4.78, 5) is 4.37. The van der Waals surface area contributed by atoms with Gasteiger partial charge in [-0.05, 0) is 30.3 Å². The van der Waals surface area contributed by atoms with Crippen LogP contribution < -0.4 is 10.5 Å². The molecule has 5 heteroatoms. The molecule has 0 saturated heterocycles. The van der Waals surface area contributed by atoms with Crippen LogP contribution in [0.25, 0.3) is 10.9 Å². The van der Waals surface area contributed by atoms with Crippen molar-refractivity contribution in [3.05, 3.63) is 64.1 Å². The fourth-order valence-corrected chi connectivity index (χ4v) is 2.57. The second kappa shape index (κ2) is 5.80. The Morgan fingerprint density at radius 1 is 1.00 bits per heavy atom. The number of nitrogens with zero attached hydrogens (tertiary/aromatic N) is 1. The average molecular weight is 319 g/mol. The van der Waals surface area contributed by atoms with E-state index < -0.39 is 0 Å². The van der Waals surface area contributed by atoms with Crippen LogP contribution in [0, 0.1) is 0 Å². The lowest BCUT2D eigenvalue weighted by Gasteiger charge is -2.10. The van der Waals surface area contributed by atoms with Gasteiger partial charge in [0.25, 0.3) is 0 Å². The molecule has 2 aromatic carbocycles. The number of pyridine rings is 1. The Kier molecular flexibility index (Phi) is 3.86. The summed E-state index contributed by atoms with van der Waals surface area (Å²) in [6, 6.07) is 14.8. The maximum atomic E-state index is 5.97. The molecule has 3 rings (SSSR count). The highest BCUT2D eigenvalue weighted by atomic mass is 35.5. The summed E-state index contributed by atoms with van der Waals surface area (Å²) in [7, 11) is 0. The van der Waals surface area contributed by atoms with Gasteiger partial charge in [-0.15, -0.1) is 0 Å². The van der Waals surface area contributed by atoms with E-state index in [9.17, 15) is 0 Å². The number of ether oxygens (including phenoxy) is 1. The topological polar surface area (TPSA) is 48.1 Å². The average Bonchev–Trinajstić information content (AvgIpc) is 2.44. The van der Waals surface area contributed by atoms with Gasteiger partial charge in [0.2, 0.25) is 0 Å². The molecule has 0 saturated carbocycles. The maximum absolute atomic E-state index is 5.97. The molecule has 1 aromatic heterocycles. The van der Waals surface area contributed by atoms with E-state index >= 15 is 0 Å². The van der Waals surface area contributed by atoms with E-state index in [0.29, 0.717) is 28.2 Å². The van der Waals surface area contributed by atoms with Crippen LogP contribution >= 0.6 is 23.2 Å². The number of nitrogens with two attached hydrogens (primary N) is 1. The highest BCUT2D eigenvalue weighted by Gasteiger charge is 2.06. The van der Waals surface area contributed by atoms with Gasteiger partial charge in [-0.2, -0.15) is 0 Å². The Bertz CT molecular complexity index is 785. The van der Waals surface area contributed by atoms with Gasteiger partial charge in [-0.1, -0.05) is 41.4 Å². The van der Waals surface area contributed by atoms with E-state index in [-0.39, 0.29) is 0 Å². The van der Waals surface area contributed by atoms with E-state index in [1.54, 1.807) is 18.2 Å². The zero-order valence-corrected chi connectivity index (χ0v) is 12.5. The molecular weight excluding hydrogens is 307 g/mol. The van der Waals surface area contributed by atoms with Crippen molar-refractivity contribution in [3.8, 4) is 5.75 Å². The van der Waals surface area contributed by atoms with E-state index in [0.717, 1.165) is 16.5 Å². The molecule has 0 atom stereocenters.